The summed E-state index contributed by atoms with van der Waals surface area (Å²) in [5, 5.41) is 0. The van der Waals surface area contributed by atoms with Crippen LogP contribution < -0.4 is 0 Å². The van der Waals surface area contributed by atoms with E-state index in [-0.39, 0.29) is 18.5 Å². The number of halogens is 1. The Morgan fingerprint density at radius 2 is 2.00 bits per heavy atom. The van der Waals surface area contributed by atoms with Crippen molar-refractivity contribution in [3.8, 4) is 0 Å². The highest BCUT2D eigenvalue weighted by atomic mass is 35.5. The molecule has 0 rings (SSSR count). The Labute approximate surface area is 66.2 Å². The Bertz CT molecular complexity index is 122. The van der Waals surface area contributed by atoms with Gasteiger partial charge in [-0.1, -0.05) is 6.92 Å². The minimum absolute atomic E-state index is 0. The monoisotopic (exact) mass is 190 g/mol. The van der Waals surface area contributed by atoms with Crippen molar-refractivity contribution < 1.29 is 18.9 Å². The molecule has 10 heavy (non-hydrogen) atoms. The molecule has 0 heterocycles. The molecule has 0 aromatic carbocycles. The molecule has 1 unspecified atom stereocenters. The highest BCUT2D eigenvalue weighted by Crippen LogP contribution is 2.37. The fraction of sp³-hybridized carbons (Fsp3) is 1.00. The maximum absolute atomic E-state index is 10.1. The van der Waals surface area contributed by atoms with Crippen molar-refractivity contribution in [1.82, 2.24) is 0 Å². The molecule has 0 aromatic rings. The van der Waals surface area contributed by atoms with E-state index in [2.05, 4.69) is 4.52 Å². The molecular formula is C4H12ClO4P. The highest BCUT2D eigenvalue weighted by Gasteiger charge is 2.16. The van der Waals surface area contributed by atoms with E-state index in [0.717, 1.165) is 0 Å². The standard InChI is InChI=1S/C4H11O4P.ClH/c1-3-4(2)8-9(5,6)7;/h4H,3H2,1-2H3,(H2,5,6,7);1H. The predicted octanol–water partition coefficient (Wildman–Crippen LogP) is 1.32. The minimum atomic E-state index is -4.24. The Hall–Kier alpha value is 0.400. The van der Waals surface area contributed by atoms with Crippen LogP contribution in [0, 0.1) is 0 Å². The fourth-order valence-electron chi connectivity index (χ4n) is 0.309. The normalized spacial score (nSPS) is 14.0. The molecule has 2 N–H and O–H groups in total. The largest absolute Gasteiger partial charge is 0.469 e. The van der Waals surface area contributed by atoms with Crippen molar-refractivity contribution in [2.24, 2.45) is 0 Å². The van der Waals surface area contributed by atoms with E-state index in [1.807, 2.05) is 0 Å². The topological polar surface area (TPSA) is 66.8 Å². The molecule has 4 nitrogen and oxygen atoms in total. The average Bonchev–Trinajstić information content (AvgIpc) is 1.62. The smallest absolute Gasteiger partial charge is 0.303 e. The second kappa shape index (κ2) is 5.10. The van der Waals surface area contributed by atoms with Gasteiger partial charge in [0, 0.05) is 0 Å². The van der Waals surface area contributed by atoms with E-state index in [9.17, 15) is 4.57 Å². The van der Waals surface area contributed by atoms with Crippen molar-refractivity contribution in [2.75, 3.05) is 0 Å². The van der Waals surface area contributed by atoms with Gasteiger partial charge in [-0.05, 0) is 13.3 Å². The SMILES string of the molecule is CCC(C)OP(=O)(O)O.Cl. The van der Waals surface area contributed by atoms with Crippen LogP contribution in [0.1, 0.15) is 20.3 Å². The molecule has 0 aliphatic heterocycles. The van der Waals surface area contributed by atoms with Crippen LogP contribution in [0.5, 0.6) is 0 Å². The molecule has 0 aromatic heterocycles. The molecule has 0 bridgehead atoms. The third-order valence-corrected chi connectivity index (χ3v) is 1.53. The number of rotatable bonds is 3. The first-order chi connectivity index (χ1) is 3.95. The van der Waals surface area contributed by atoms with E-state index >= 15 is 0 Å². The summed E-state index contributed by atoms with van der Waals surface area (Å²) in [5.41, 5.74) is 0. The molecule has 6 heteroatoms. The van der Waals surface area contributed by atoms with Gasteiger partial charge in [-0.2, -0.15) is 0 Å². The Balaban J connectivity index is 0. The second-order valence-corrected chi connectivity index (χ2v) is 3.01. The molecular weight excluding hydrogens is 178 g/mol. The zero-order valence-corrected chi connectivity index (χ0v) is 7.56. The van der Waals surface area contributed by atoms with Gasteiger partial charge in [0.1, 0.15) is 0 Å². The molecule has 0 saturated carbocycles. The van der Waals surface area contributed by atoms with Crippen molar-refractivity contribution in [2.45, 2.75) is 26.4 Å². The lowest BCUT2D eigenvalue weighted by Crippen LogP contribution is -2.03. The van der Waals surface area contributed by atoms with Gasteiger partial charge in [-0.25, -0.2) is 4.57 Å². The first-order valence-electron chi connectivity index (χ1n) is 2.69. The summed E-state index contributed by atoms with van der Waals surface area (Å²) in [4.78, 5) is 16.4. The van der Waals surface area contributed by atoms with E-state index in [1.54, 1.807) is 13.8 Å². The Morgan fingerprint density at radius 1 is 1.60 bits per heavy atom. The zero-order chi connectivity index (χ0) is 7.49. The van der Waals surface area contributed by atoms with Gasteiger partial charge >= 0.3 is 7.82 Å². The zero-order valence-electron chi connectivity index (χ0n) is 5.85. The lowest BCUT2D eigenvalue weighted by atomic mass is 10.3. The van der Waals surface area contributed by atoms with Crippen LogP contribution >= 0.6 is 20.2 Å². The van der Waals surface area contributed by atoms with Gasteiger partial charge in [-0.15, -0.1) is 12.4 Å². The number of phosphoric ester groups is 1. The Kier molecular flexibility index (Phi) is 6.65. The molecule has 0 radical (unpaired) electrons. The van der Waals surface area contributed by atoms with Crippen molar-refractivity contribution in [1.29, 1.82) is 0 Å². The van der Waals surface area contributed by atoms with Crippen molar-refractivity contribution in [3.05, 3.63) is 0 Å². The second-order valence-electron chi connectivity index (χ2n) is 1.81. The van der Waals surface area contributed by atoms with Gasteiger partial charge < -0.3 is 9.79 Å². The minimum Gasteiger partial charge on any atom is -0.303 e. The van der Waals surface area contributed by atoms with Crippen LogP contribution in [-0.2, 0) is 9.09 Å². The first kappa shape index (κ1) is 13.0. The van der Waals surface area contributed by atoms with Crippen LogP contribution in [0.25, 0.3) is 0 Å². The molecule has 0 spiro atoms. The molecule has 64 valence electrons. The average molecular weight is 191 g/mol. The first-order valence-corrected chi connectivity index (χ1v) is 4.22. The summed E-state index contributed by atoms with van der Waals surface area (Å²) in [6.07, 6.45) is 0.233. The Morgan fingerprint density at radius 3 is 2.10 bits per heavy atom. The molecule has 1 atom stereocenters. The highest BCUT2D eigenvalue weighted by molar-refractivity contribution is 7.46. The summed E-state index contributed by atoms with van der Waals surface area (Å²) in [7, 11) is -4.24. The lowest BCUT2D eigenvalue weighted by Gasteiger charge is -2.09. The van der Waals surface area contributed by atoms with Crippen LogP contribution in [0.4, 0.5) is 0 Å². The number of hydrogen-bond acceptors (Lipinski definition) is 2. The van der Waals surface area contributed by atoms with Gasteiger partial charge in [0.2, 0.25) is 0 Å². The molecule has 0 fully saturated rings. The van der Waals surface area contributed by atoms with Gasteiger partial charge in [0.15, 0.2) is 0 Å². The quantitative estimate of drug-likeness (QED) is 0.659. The van der Waals surface area contributed by atoms with Crippen molar-refractivity contribution in [3.63, 3.8) is 0 Å². The maximum Gasteiger partial charge on any atom is 0.469 e. The molecule has 0 amide bonds. The maximum atomic E-state index is 10.1. The van der Waals surface area contributed by atoms with E-state index in [4.69, 9.17) is 9.79 Å². The summed E-state index contributed by atoms with van der Waals surface area (Å²) in [6, 6.07) is 0. The number of phosphoric acid groups is 1. The third kappa shape index (κ3) is 8.40. The van der Waals surface area contributed by atoms with E-state index in [0.29, 0.717) is 6.42 Å². The summed E-state index contributed by atoms with van der Waals surface area (Å²) in [5.74, 6) is 0. The van der Waals surface area contributed by atoms with Crippen LogP contribution in [0.3, 0.4) is 0 Å². The molecule has 0 saturated heterocycles. The lowest BCUT2D eigenvalue weighted by molar-refractivity contribution is 0.142. The van der Waals surface area contributed by atoms with Crippen molar-refractivity contribution >= 4 is 20.2 Å². The van der Waals surface area contributed by atoms with Crippen LogP contribution in [0.2, 0.25) is 0 Å². The van der Waals surface area contributed by atoms with Gasteiger partial charge in [0.25, 0.3) is 0 Å². The fourth-order valence-corrected chi connectivity index (χ4v) is 0.927. The van der Waals surface area contributed by atoms with Crippen LogP contribution in [-0.4, -0.2) is 15.9 Å². The molecule has 0 aliphatic rings. The van der Waals surface area contributed by atoms with Crippen LogP contribution in [0.15, 0.2) is 0 Å². The predicted molar refractivity (Wildman–Crippen MR) is 40.1 cm³/mol. The third-order valence-electron chi connectivity index (χ3n) is 0.892. The van der Waals surface area contributed by atoms with Gasteiger partial charge in [0.05, 0.1) is 6.10 Å². The van der Waals surface area contributed by atoms with E-state index < -0.39 is 7.82 Å². The van der Waals surface area contributed by atoms with Gasteiger partial charge in [-0.3, -0.25) is 4.52 Å². The molecule has 0 aliphatic carbocycles. The number of hydrogen-bond donors (Lipinski definition) is 2. The summed E-state index contributed by atoms with van der Waals surface area (Å²) in [6.45, 7) is 3.40. The van der Waals surface area contributed by atoms with E-state index in [1.165, 1.54) is 0 Å². The summed E-state index contributed by atoms with van der Waals surface area (Å²) < 4.78 is 14.3. The summed E-state index contributed by atoms with van der Waals surface area (Å²) >= 11 is 0.